The third-order valence-electron chi connectivity index (χ3n) is 7.33. The molecule has 37 heavy (non-hydrogen) atoms. The summed E-state index contributed by atoms with van der Waals surface area (Å²) in [6.07, 6.45) is 16.0. The Morgan fingerprint density at radius 1 is 1.24 bits per heavy atom. The molecule has 0 saturated carbocycles. The summed E-state index contributed by atoms with van der Waals surface area (Å²) in [5, 5.41) is 0. The SMILES string of the molecule is CCC[C@@H](C)[C@H]1O[C@@H]1C[C@H](C)/C=C/C=C(\C)[C@H]1OC(=O)C[C@H](OC(=O)C(Cl)Cl)CC[C@H](C)C/C=C/[C@@H]1C. The number of epoxide rings is 1. The summed E-state index contributed by atoms with van der Waals surface area (Å²) in [4.78, 5) is 23.6. The maximum absolute atomic E-state index is 12.9. The summed E-state index contributed by atoms with van der Waals surface area (Å²) >= 11 is 11.3. The third-order valence-corrected chi connectivity index (χ3v) is 7.69. The maximum Gasteiger partial charge on any atom is 0.339 e. The van der Waals surface area contributed by atoms with E-state index in [1.165, 1.54) is 12.8 Å². The zero-order valence-electron chi connectivity index (χ0n) is 23.3. The standard InChI is InChI=1S/C30H46Cl2O5/c1-7-10-21(4)28-25(36-28)17-20(3)12-9-14-23(6)27-22(5)13-8-11-19(2)15-16-24(18-26(33)37-27)35-30(34)29(31)32/h8-9,12-14,19-22,24-25,27-29H,7,10-11,15-18H2,1-6H3/b12-9+,13-8+,23-14+/t19-,20-,21-,22+,24-,25-,27+,28-/m1/s1. The summed E-state index contributed by atoms with van der Waals surface area (Å²) in [5.74, 6) is 0.283. The summed E-state index contributed by atoms with van der Waals surface area (Å²) < 4.78 is 17.2. The van der Waals surface area contributed by atoms with Crippen LogP contribution in [0.4, 0.5) is 0 Å². The van der Waals surface area contributed by atoms with Gasteiger partial charge in [-0.25, -0.2) is 4.79 Å². The average molecular weight is 558 g/mol. The van der Waals surface area contributed by atoms with Crippen LogP contribution in [0.1, 0.15) is 86.5 Å². The van der Waals surface area contributed by atoms with E-state index in [-0.39, 0.29) is 12.3 Å². The first-order chi connectivity index (χ1) is 17.5. The minimum atomic E-state index is -1.28. The van der Waals surface area contributed by atoms with Crippen molar-refractivity contribution in [2.24, 2.45) is 23.7 Å². The smallest absolute Gasteiger partial charge is 0.339 e. The van der Waals surface area contributed by atoms with E-state index in [1.807, 2.05) is 13.0 Å². The van der Waals surface area contributed by atoms with Crippen LogP contribution in [-0.4, -0.2) is 41.2 Å². The number of allylic oxidation sites excluding steroid dienone is 4. The Labute approximate surface area is 234 Å². The van der Waals surface area contributed by atoms with Gasteiger partial charge in [-0.2, -0.15) is 0 Å². The fraction of sp³-hybridized carbons (Fsp3) is 0.733. The van der Waals surface area contributed by atoms with Gasteiger partial charge in [0.15, 0.2) is 0 Å². The molecule has 5 nitrogen and oxygen atoms in total. The topological polar surface area (TPSA) is 65.1 Å². The van der Waals surface area contributed by atoms with Crippen LogP contribution in [0.15, 0.2) is 36.0 Å². The fourth-order valence-electron chi connectivity index (χ4n) is 5.03. The normalized spacial score (nSPS) is 32.2. The van der Waals surface area contributed by atoms with Gasteiger partial charge in [-0.3, -0.25) is 4.79 Å². The molecule has 0 aromatic heterocycles. The lowest BCUT2D eigenvalue weighted by molar-refractivity contribution is -0.157. The molecular formula is C30H46Cl2O5. The highest BCUT2D eigenvalue weighted by Gasteiger charge is 2.42. The zero-order valence-corrected chi connectivity index (χ0v) is 24.8. The van der Waals surface area contributed by atoms with Gasteiger partial charge in [-0.15, -0.1) is 0 Å². The quantitative estimate of drug-likeness (QED) is 0.0904. The van der Waals surface area contributed by atoms with Crippen molar-refractivity contribution in [1.29, 1.82) is 0 Å². The minimum absolute atomic E-state index is 0.00869. The number of cyclic esters (lactones) is 1. The van der Waals surface area contributed by atoms with E-state index < -0.39 is 29.0 Å². The number of rotatable bonds is 10. The molecule has 1 saturated heterocycles. The van der Waals surface area contributed by atoms with Gasteiger partial charge in [0.05, 0.1) is 18.6 Å². The van der Waals surface area contributed by atoms with Crippen molar-refractivity contribution < 1.29 is 23.8 Å². The highest BCUT2D eigenvalue weighted by atomic mass is 35.5. The molecule has 1 fully saturated rings. The molecule has 8 atom stereocenters. The predicted molar refractivity (Wildman–Crippen MR) is 151 cm³/mol. The molecule has 0 radical (unpaired) electrons. The van der Waals surface area contributed by atoms with Crippen molar-refractivity contribution in [3.63, 3.8) is 0 Å². The monoisotopic (exact) mass is 556 g/mol. The third kappa shape index (κ3) is 11.5. The van der Waals surface area contributed by atoms with Gasteiger partial charge in [0.2, 0.25) is 4.84 Å². The van der Waals surface area contributed by atoms with E-state index in [2.05, 4.69) is 58.9 Å². The molecule has 0 bridgehead atoms. The van der Waals surface area contributed by atoms with Crippen LogP contribution in [0, 0.1) is 23.7 Å². The van der Waals surface area contributed by atoms with Crippen molar-refractivity contribution in [2.75, 3.05) is 0 Å². The van der Waals surface area contributed by atoms with Gasteiger partial charge in [0.1, 0.15) is 12.2 Å². The van der Waals surface area contributed by atoms with Crippen LogP contribution in [-0.2, 0) is 23.8 Å². The van der Waals surface area contributed by atoms with E-state index in [0.717, 1.165) is 24.8 Å². The number of alkyl halides is 2. The van der Waals surface area contributed by atoms with Gasteiger partial charge in [-0.1, -0.05) is 94.6 Å². The summed E-state index contributed by atoms with van der Waals surface area (Å²) in [7, 11) is 0. The second-order valence-electron chi connectivity index (χ2n) is 11.1. The molecule has 2 rings (SSSR count). The maximum atomic E-state index is 12.9. The fourth-order valence-corrected chi connectivity index (χ4v) is 5.13. The number of halogens is 2. The molecule has 0 aromatic rings. The van der Waals surface area contributed by atoms with Crippen LogP contribution in [0.2, 0.25) is 0 Å². The van der Waals surface area contributed by atoms with Gasteiger partial charge < -0.3 is 14.2 Å². The number of carbonyl (C=O) groups is 2. The highest BCUT2D eigenvalue weighted by molar-refractivity contribution is 6.52. The van der Waals surface area contributed by atoms with Gasteiger partial charge in [0.25, 0.3) is 0 Å². The van der Waals surface area contributed by atoms with Crippen LogP contribution in [0.25, 0.3) is 0 Å². The Morgan fingerprint density at radius 3 is 2.65 bits per heavy atom. The Hall–Kier alpha value is -1.30. The minimum Gasteiger partial charge on any atom is -0.460 e. The lowest BCUT2D eigenvalue weighted by Crippen LogP contribution is -2.30. The Morgan fingerprint density at radius 2 is 1.97 bits per heavy atom. The number of hydrogen-bond donors (Lipinski definition) is 0. The largest absolute Gasteiger partial charge is 0.460 e. The van der Waals surface area contributed by atoms with Crippen LogP contribution in [0.3, 0.4) is 0 Å². The van der Waals surface area contributed by atoms with Crippen molar-refractivity contribution in [3.05, 3.63) is 36.0 Å². The second-order valence-corrected chi connectivity index (χ2v) is 12.2. The highest BCUT2D eigenvalue weighted by Crippen LogP contribution is 2.36. The molecule has 0 spiro atoms. The van der Waals surface area contributed by atoms with Gasteiger partial charge >= 0.3 is 11.9 Å². The van der Waals surface area contributed by atoms with Crippen LogP contribution < -0.4 is 0 Å². The predicted octanol–water partition coefficient (Wildman–Crippen LogP) is 7.75. The summed E-state index contributed by atoms with van der Waals surface area (Å²) in [6, 6.07) is 0. The molecule has 7 heteroatoms. The number of esters is 2. The molecule has 0 amide bonds. The summed E-state index contributed by atoms with van der Waals surface area (Å²) in [5.41, 5.74) is 0.964. The average Bonchev–Trinajstić information content (AvgIpc) is 3.59. The van der Waals surface area contributed by atoms with E-state index in [9.17, 15) is 9.59 Å². The number of carbonyl (C=O) groups excluding carboxylic acids is 2. The lowest BCUT2D eigenvalue weighted by atomic mass is 9.93. The van der Waals surface area contributed by atoms with Crippen molar-refractivity contribution in [3.8, 4) is 0 Å². The van der Waals surface area contributed by atoms with Crippen LogP contribution >= 0.6 is 23.2 Å². The number of ether oxygens (including phenoxy) is 3. The zero-order chi connectivity index (χ0) is 27.5. The molecule has 0 N–H and O–H groups in total. The molecule has 0 unspecified atom stereocenters. The second kappa shape index (κ2) is 16.0. The van der Waals surface area contributed by atoms with E-state index >= 15 is 0 Å². The van der Waals surface area contributed by atoms with Crippen molar-refractivity contribution in [1.82, 2.24) is 0 Å². The van der Waals surface area contributed by atoms with E-state index in [1.54, 1.807) is 0 Å². The van der Waals surface area contributed by atoms with Gasteiger partial charge in [-0.05, 0) is 62.4 Å². The Balaban J connectivity index is 2.04. The molecule has 2 aliphatic rings. The van der Waals surface area contributed by atoms with Crippen molar-refractivity contribution in [2.45, 2.75) is 116 Å². The van der Waals surface area contributed by atoms with Crippen molar-refractivity contribution >= 4 is 35.1 Å². The van der Waals surface area contributed by atoms with Gasteiger partial charge in [0, 0.05) is 5.92 Å². The molecule has 2 heterocycles. The van der Waals surface area contributed by atoms with Crippen LogP contribution in [0.5, 0.6) is 0 Å². The molecule has 2 aliphatic heterocycles. The molecule has 210 valence electrons. The van der Waals surface area contributed by atoms with E-state index in [0.29, 0.717) is 36.4 Å². The number of hydrogen-bond acceptors (Lipinski definition) is 5. The van der Waals surface area contributed by atoms with E-state index in [4.69, 9.17) is 37.4 Å². The summed E-state index contributed by atoms with van der Waals surface area (Å²) in [6.45, 7) is 12.9. The Kier molecular flexibility index (Phi) is 13.8. The molecule has 0 aliphatic carbocycles. The Bertz CT molecular complexity index is 821. The first kappa shape index (κ1) is 31.9. The molecule has 0 aromatic carbocycles. The molecular weight excluding hydrogens is 511 g/mol. The first-order valence-electron chi connectivity index (χ1n) is 13.9. The first-order valence-corrected chi connectivity index (χ1v) is 14.7. The lowest BCUT2D eigenvalue weighted by Gasteiger charge is -2.26.